The third kappa shape index (κ3) is 5.24. The van der Waals surface area contributed by atoms with Gasteiger partial charge in [0.15, 0.2) is 14.9 Å². The molecular weight excluding hydrogens is 341 g/mol. The highest BCUT2D eigenvalue weighted by Crippen LogP contribution is 2.26. The number of benzene rings is 1. The van der Waals surface area contributed by atoms with Gasteiger partial charge in [-0.3, -0.25) is 5.43 Å². The molecule has 1 aromatic rings. The molecule has 0 saturated heterocycles. The monoisotopic (exact) mass is 353 g/mol. The minimum absolute atomic E-state index is 0.0155. The fourth-order valence-electron chi connectivity index (χ4n) is 1.31. The maximum Gasteiger partial charge on any atom is 0.184 e. The van der Waals surface area contributed by atoms with Crippen LogP contribution < -0.4 is 11.2 Å². The summed E-state index contributed by atoms with van der Waals surface area (Å²) in [4.78, 5) is 0.0155. The summed E-state index contributed by atoms with van der Waals surface area (Å²) in [5.41, 5.74) is 8.17. The van der Waals surface area contributed by atoms with E-state index in [-0.39, 0.29) is 27.2 Å². The Kier molecular flexibility index (Phi) is 6.19. The number of hydrazone groups is 1. The van der Waals surface area contributed by atoms with E-state index in [0.29, 0.717) is 10.7 Å². The molecule has 0 radical (unpaired) electrons. The summed E-state index contributed by atoms with van der Waals surface area (Å²) >= 11 is 16.3. The van der Waals surface area contributed by atoms with Crippen LogP contribution in [0.2, 0.25) is 10.0 Å². The second-order valence-electron chi connectivity index (χ2n) is 3.97. The van der Waals surface area contributed by atoms with Crippen LogP contribution in [0.3, 0.4) is 0 Å². The molecular formula is C11H13Cl2N3O2S2. The van der Waals surface area contributed by atoms with Gasteiger partial charge < -0.3 is 5.73 Å². The fourth-order valence-corrected chi connectivity index (χ4v) is 3.52. The Morgan fingerprint density at radius 2 is 2.10 bits per heavy atom. The van der Waals surface area contributed by atoms with Gasteiger partial charge in [-0.05, 0) is 37.3 Å². The number of hydrogen-bond donors (Lipinski definition) is 2. The molecule has 0 saturated carbocycles. The highest BCUT2D eigenvalue weighted by Gasteiger charge is 2.18. The Morgan fingerprint density at radius 3 is 2.70 bits per heavy atom. The molecule has 110 valence electrons. The second kappa shape index (κ2) is 7.21. The molecule has 20 heavy (non-hydrogen) atoms. The first-order valence-corrected chi connectivity index (χ1v) is 8.30. The van der Waals surface area contributed by atoms with Crippen molar-refractivity contribution in [2.24, 2.45) is 10.8 Å². The molecule has 0 atom stereocenters. The number of nitrogens with two attached hydrogens (primary N) is 1. The lowest BCUT2D eigenvalue weighted by atomic mass is 10.3. The second-order valence-corrected chi connectivity index (χ2v) is 7.33. The predicted octanol–water partition coefficient (Wildman–Crippen LogP) is 2.37. The smallest absolute Gasteiger partial charge is 0.184 e. The molecule has 9 heteroatoms. The molecule has 0 heterocycles. The minimum Gasteiger partial charge on any atom is -0.375 e. The lowest BCUT2D eigenvalue weighted by Gasteiger charge is -2.07. The first kappa shape index (κ1) is 17.2. The fraction of sp³-hybridized carbons (Fsp3) is 0.273. The zero-order valence-electron chi connectivity index (χ0n) is 10.6. The van der Waals surface area contributed by atoms with Gasteiger partial charge >= 0.3 is 0 Å². The van der Waals surface area contributed by atoms with Crippen LogP contribution in [0, 0.1) is 0 Å². The summed E-state index contributed by atoms with van der Waals surface area (Å²) in [6.07, 6.45) is 0.223. The molecule has 0 aliphatic carbocycles. The molecule has 0 unspecified atom stereocenters. The molecule has 3 N–H and O–H groups in total. The van der Waals surface area contributed by atoms with E-state index in [4.69, 9.17) is 28.9 Å². The van der Waals surface area contributed by atoms with E-state index in [0.717, 1.165) is 0 Å². The van der Waals surface area contributed by atoms with Gasteiger partial charge in [0.05, 0.1) is 15.7 Å². The molecule has 0 bridgehead atoms. The van der Waals surface area contributed by atoms with E-state index in [2.05, 4.69) is 22.7 Å². The van der Waals surface area contributed by atoms with E-state index < -0.39 is 9.84 Å². The Morgan fingerprint density at radius 1 is 1.45 bits per heavy atom. The molecule has 0 spiro atoms. The van der Waals surface area contributed by atoms with Crippen LogP contribution in [0.25, 0.3) is 0 Å². The highest BCUT2D eigenvalue weighted by molar-refractivity contribution is 7.91. The Bertz CT molecular complexity index is 645. The number of sulfone groups is 1. The van der Waals surface area contributed by atoms with Gasteiger partial charge in [-0.25, -0.2) is 8.42 Å². The summed E-state index contributed by atoms with van der Waals surface area (Å²) < 4.78 is 24.4. The number of rotatable bonds is 5. The summed E-state index contributed by atoms with van der Waals surface area (Å²) in [5, 5.41) is 4.31. The average molecular weight is 354 g/mol. The van der Waals surface area contributed by atoms with Crippen LogP contribution in [-0.4, -0.2) is 25.0 Å². The molecule has 0 aliphatic heterocycles. The van der Waals surface area contributed by atoms with E-state index in [1.165, 1.54) is 18.2 Å². The topological polar surface area (TPSA) is 84.5 Å². The van der Waals surface area contributed by atoms with E-state index in [9.17, 15) is 8.42 Å². The van der Waals surface area contributed by atoms with Crippen molar-refractivity contribution in [3.63, 3.8) is 0 Å². The number of thiocarbonyl (C=S) groups is 1. The van der Waals surface area contributed by atoms with Gasteiger partial charge in [0.1, 0.15) is 0 Å². The molecule has 0 aromatic heterocycles. The van der Waals surface area contributed by atoms with Crippen LogP contribution in [0.4, 0.5) is 0 Å². The van der Waals surface area contributed by atoms with Crippen LogP contribution in [-0.2, 0) is 9.84 Å². The third-order valence-electron chi connectivity index (χ3n) is 2.32. The maximum absolute atomic E-state index is 12.2. The Hall–Kier alpha value is -0.890. The van der Waals surface area contributed by atoms with E-state index in [1.807, 2.05) is 0 Å². The van der Waals surface area contributed by atoms with Gasteiger partial charge in [-0.1, -0.05) is 23.2 Å². The standard InChI is InChI=1S/C11H13Cl2N3O2S2/c1-7(15-16-11(14)19)4-5-20(17,18)10-6-8(12)2-3-9(10)13/h2-3,6H,4-5H2,1H3,(H3,14,16,19)/b15-7-. The number of nitrogens with zero attached hydrogens (tertiary/aromatic N) is 1. The average Bonchev–Trinajstić information content (AvgIpc) is 2.36. The van der Waals surface area contributed by atoms with Crippen molar-refractivity contribution in [3.8, 4) is 0 Å². The van der Waals surface area contributed by atoms with Crippen LogP contribution >= 0.6 is 35.4 Å². The van der Waals surface area contributed by atoms with Crippen molar-refractivity contribution in [1.82, 2.24) is 5.43 Å². The van der Waals surface area contributed by atoms with Crippen molar-refractivity contribution >= 4 is 56.1 Å². The SMILES string of the molecule is C/C(CCS(=O)(=O)c1cc(Cl)ccc1Cl)=N/NC(N)=S. The molecule has 5 nitrogen and oxygen atoms in total. The zero-order chi connectivity index (χ0) is 15.3. The maximum atomic E-state index is 12.2. The molecule has 0 amide bonds. The van der Waals surface area contributed by atoms with Gasteiger partial charge in [0.2, 0.25) is 0 Å². The third-order valence-corrected chi connectivity index (χ3v) is 4.84. The summed E-state index contributed by atoms with van der Waals surface area (Å²) in [7, 11) is -3.54. The van der Waals surface area contributed by atoms with Gasteiger partial charge in [0, 0.05) is 17.2 Å². The number of halogens is 2. The molecule has 0 aliphatic rings. The Balaban J connectivity index is 2.83. The van der Waals surface area contributed by atoms with Crippen molar-refractivity contribution < 1.29 is 8.42 Å². The number of nitrogens with one attached hydrogen (secondary N) is 1. The van der Waals surface area contributed by atoms with Gasteiger partial charge in [0.25, 0.3) is 0 Å². The first-order chi connectivity index (χ1) is 9.22. The molecule has 0 fully saturated rings. The van der Waals surface area contributed by atoms with Crippen LogP contribution in [0.1, 0.15) is 13.3 Å². The van der Waals surface area contributed by atoms with E-state index in [1.54, 1.807) is 6.92 Å². The van der Waals surface area contributed by atoms with Crippen molar-refractivity contribution in [2.45, 2.75) is 18.2 Å². The zero-order valence-corrected chi connectivity index (χ0v) is 13.7. The lowest BCUT2D eigenvalue weighted by Crippen LogP contribution is -2.25. The normalized spacial score (nSPS) is 12.2. The van der Waals surface area contributed by atoms with Crippen LogP contribution in [0.15, 0.2) is 28.2 Å². The van der Waals surface area contributed by atoms with Crippen molar-refractivity contribution in [3.05, 3.63) is 28.2 Å². The summed E-state index contributed by atoms with van der Waals surface area (Å²) in [6, 6.07) is 4.31. The first-order valence-electron chi connectivity index (χ1n) is 5.49. The Labute approximate surface area is 133 Å². The molecule has 1 rings (SSSR count). The summed E-state index contributed by atoms with van der Waals surface area (Å²) in [5.74, 6) is -0.137. The van der Waals surface area contributed by atoms with Gasteiger partial charge in [-0.2, -0.15) is 5.10 Å². The van der Waals surface area contributed by atoms with Crippen molar-refractivity contribution in [1.29, 1.82) is 0 Å². The highest BCUT2D eigenvalue weighted by atomic mass is 35.5. The largest absolute Gasteiger partial charge is 0.375 e. The number of hydrogen-bond acceptors (Lipinski definition) is 4. The quantitative estimate of drug-likeness (QED) is 0.482. The lowest BCUT2D eigenvalue weighted by molar-refractivity contribution is 0.596. The minimum atomic E-state index is -3.54. The molecule has 1 aromatic carbocycles. The van der Waals surface area contributed by atoms with Crippen molar-refractivity contribution in [2.75, 3.05) is 5.75 Å². The predicted molar refractivity (Wildman–Crippen MR) is 86.2 cm³/mol. The van der Waals surface area contributed by atoms with Gasteiger partial charge in [-0.15, -0.1) is 0 Å². The van der Waals surface area contributed by atoms with E-state index >= 15 is 0 Å². The van der Waals surface area contributed by atoms with Crippen LogP contribution in [0.5, 0.6) is 0 Å². The summed E-state index contributed by atoms with van der Waals surface area (Å²) in [6.45, 7) is 1.67.